The molecule has 1 saturated heterocycles. The Kier molecular flexibility index (Phi) is 7.23. The van der Waals surface area contributed by atoms with Crippen LogP contribution in [-0.2, 0) is 16.6 Å². The monoisotopic (exact) mass is 445 g/mol. The van der Waals surface area contributed by atoms with Crippen LogP contribution in [0, 0.1) is 0 Å². The van der Waals surface area contributed by atoms with E-state index in [1.54, 1.807) is 18.0 Å². The van der Waals surface area contributed by atoms with Crippen LogP contribution in [0.4, 0.5) is 5.69 Å². The van der Waals surface area contributed by atoms with Crippen LogP contribution < -0.4 is 9.64 Å². The van der Waals surface area contributed by atoms with Crippen LogP contribution in [-0.4, -0.2) is 64.9 Å². The summed E-state index contributed by atoms with van der Waals surface area (Å²) in [4.78, 5) is 16.9. The Balaban J connectivity index is 1.85. The minimum Gasteiger partial charge on any atom is -0.496 e. The predicted octanol–water partition coefficient (Wildman–Crippen LogP) is 3.21. The summed E-state index contributed by atoms with van der Waals surface area (Å²) in [6.07, 6.45) is 3.03. The molecule has 1 fully saturated rings. The molecule has 1 heterocycles. The first-order valence-corrected chi connectivity index (χ1v) is 11.9. The second kappa shape index (κ2) is 9.70. The summed E-state index contributed by atoms with van der Waals surface area (Å²) in [7, 11) is 3.17. The molecule has 3 rings (SSSR count). The molecule has 1 aliphatic rings. The van der Waals surface area contributed by atoms with Gasteiger partial charge in [0.2, 0.25) is 10.0 Å². The van der Waals surface area contributed by atoms with Gasteiger partial charge in [0.1, 0.15) is 5.75 Å². The van der Waals surface area contributed by atoms with E-state index in [4.69, 9.17) is 4.74 Å². The number of carbonyl (C=O) groups excluding carboxylic acids is 1. The molecule has 0 aliphatic carbocycles. The number of ether oxygens (including phenoxy) is 1. The first-order valence-electron chi connectivity index (χ1n) is 10.4. The number of benzene rings is 2. The van der Waals surface area contributed by atoms with Crippen LogP contribution in [0.15, 0.2) is 47.4 Å². The van der Waals surface area contributed by atoms with Gasteiger partial charge >= 0.3 is 0 Å². The van der Waals surface area contributed by atoms with Crippen LogP contribution >= 0.6 is 0 Å². The van der Waals surface area contributed by atoms with E-state index in [9.17, 15) is 13.2 Å². The lowest BCUT2D eigenvalue weighted by molar-refractivity contribution is 0.0720. The molecule has 2 aromatic carbocycles. The Morgan fingerprint density at radius 1 is 1.00 bits per heavy atom. The highest BCUT2D eigenvalue weighted by Gasteiger charge is 2.26. The zero-order chi connectivity index (χ0) is 22.6. The smallest absolute Gasteiger partial charge is 0.257 e. The van der Waals surface area contributed by atoms with E-state index in [0.717, 1.165) is 30.5 Å². The van der Waals surface area contributed by atoms with Crippen LogP contribution in [0.2, 0.25) is 0 Å². The van der Waals surface area contributed by atoms with Gasteiger partial charge in [0, 0.05) is 46.5 Å². The summed E-state index contributed by atoms with van der Waals surface area (Å²) < 4.78 is 33.1. The molecule has 168 valence electrons. The molecule has 1 aliphatic heterocycles. The van der Waals surface area contributed by atoms with Crippen LogP contribution in [0.3, 0.4) is 0 Å². The van der Waals surface area contributed by atoms with Gasteiger partial charge in [0.15, 0.2) is 0 Å². The Hall–Kier alpha value is -2.58. The average Bonchev–Trinajstić information content (AvgIpc) is 2.79. The van der Waals surface area contributed by atoms with Gasteiger partial charge in [-0.1, -0.05) is 12.1 Å². The van der Waals surface area contributed by atoms with Gasteiger partial charge in [-0.25, -0.2) is 8.42 Å². The number of hydrogen-bond donors (Lipinski definition) is 0. The molecule has 0 aromatic heterocycles. The number of rotatable bonds is 7. The summed E-state index contributed by atoms with van der Waals surface area (Å²) in [5, 5.41) is 0. The third kappa shape index (κ3) is 5.19. The Morgan fingerprint density at radius 3 is 2.23 bits per heavy atom. The molecule has 8 heteroatoms. The van der Waals surface area contributed by atoms with E-state index in [2.05, 4.69) is 0 Å². The number of anilines is 1. The Bertz CT molecular complexity index is 1010. The zero-order valence-corrected chi connectivity index (χ0v) is 19.5. The molecule has 0 atom stereocenters. The van der Waals surface area contributed by atoms with E-state index in [0.29, 0.717) is 18.8 Å². The van der Waals surface area contributed by atoms with Crippen molar-refractivity contribution in [3.8, 4) is 5.75 Å². The standard InChI is InChI=1S/C23H31N3O4S/c1-24(2)19-10-8-18(9-11-19)17-25(3)31(28,29)20-12-13-22(30-4)21(16-20)23(27)26-14-6-5-7-15-26/h8-13,16H,5-7,14-15,17H2,1-4H3. The van der Waals surface area contributed by atoms with Crippen molar-refractivity contribution in [2.45, 2.75) is 30.7 Å². The maximum absolute atomic E-state index is 13.2. The molecule has 0 unspecified atom stereocenters. The van der Waals surface area contributed by atoms with Crippen LogP contribution in [0.25, 0.3) is 0 Å². The second-order valence-electron chi connectivity index (χ2n) is 8.04. The maximum atomic E-state index is 13.2. The van der Waals surface area contributed by atoms with Gasteiger partial charge in [0.25, 0.3) is 5.91 Å². The third-order valence-corrected chi connectivity index (χ3v) is 7.41. The average molecular weight is 446 g/mol. The highest BCUT2D eigenvalue weighted by atomic mass is 32.2. The van der Waals surface area contributed by atoms with Gasteiger partial charge in [-0.15, -0.1) is 0 Å². The minimum absolute atomic E-state index is 0.0843. The fourth-order valence-corrected chi connectivity index (χ4v) is 4.89. The molecular weight excluding hydrogens is 414 g/mol. The molecular formula is C23H31N3O4S. The van der Waals surface area contributed by atoms with E-state index in [-0.39, 0.29) is 22.9 Å². The van der Waals surface area contributed by atoms with Crippen LogP contribution in [0.1, 0.15) is 35.2 Å². The van der Waals surface area contributed by atoms with E-state index in [1.807, 2.05) is 43.3 Å². The van der Waals surface area contributed by atoms with Gasteiger partial charge in [-0.05, 0) is 55.2 Å². The highest BCUT2D eigenvalue weighted by molar-refractivity contribution is 7.89. The van der Waals surface area contributed by atoms with E-state index in [1.165, 1.54) is 23.5 Å². The number of nitrogens with zero attached hydrogens (tertiary/aromatic N) is 3. The van der Waals surface area contributed by atoms with Crippen molar-refractivity contribution in [1.82, 2.24) is 9.21 Å². The number of carbonyl (C=O) groups is 1. The van der Waals surface area contributed by atoms with Crippen LogP contribution in [0.5, 0.6) is 5.75 Å². The van der Waals surface area contributed by atoms with Crippen molar-refractivity contribution >= 4 is 21.6 Å². The minimum atomic E-state index is -3.78. The summed E-state index contributed by atoms with van der Waals surface area (Å²) in [6, 6.07) is 12.2. The molecule has 7 nitrogen and oxygen atoms in total. The largest absolute Gasteiger partial charge is 0.496 e. The van der Waals surface area contributed by atoms with Gasteiger partial charge < -0.3 is 14.5 Å². The van der Waals surface area contributed by atoms with Gasteiger partial charge in [-0.3, -0.25) is 4.79 Å². The van der Waals surface area contributed by atoms with E-state index < -0.39 is 10.0 Å². The fraction of sp³-hybridized carbons (Fsp3) is 0.435. The maximum Gasteiger partial charge on any atom is 0.257 e. The van der Waals surface area contributed by atoms with Crippen molar-refractivity contribution < 1.29 is 17.9 Å². The molecule has 0 saturated carbocycles. The normalized spacial score (nSPS) is 14.5. The van der Waals surface area contributed by atoms with Crippen molar-refractivity contribution in [2.24, 2.45) is 0 Å². The molecule has 31 heavy (non-hydrogen) atoms. The van der Waals surface area contributed by atoms with Gasteiger partial charge in [0.05, 0.1) is 17.6 Å². The lowest BCUT2D eigenvalue weighted by atomic mass is 10.1. The third-order valence-electron chi connectivity index (χ3n) is 5.61. The second-order valence-corrected chi connectivity index (χ2v) is 10.1. The number of sulfonamides is 1. The Labute approximate surface area is 185 Å². The Morgan fingerprint density at radius 2 is 1.65 bits per heavy atom. The number of likely N-dealkylation sites (tertiary alicyclic amines) is 1. The first kappa shape index (κ1) is 23.1. The fourth-order valence-electron chi connectivity index (χ4n) is 3.70. The molecule has 0 radical (unpaired) electrons. The predicted molar refractivity (Wildman–Crippen MR) is 122 cm³/mol. The summed E-state index contributed by atoms with van der Waals surface area (Å²) in [6.45, 7) is 1.60. The lowest BCUT2D eigenvalue weighted by Gasteiger charge is -2.27. The topological polar surface area (TPSA) is 70.2 Å². The van der Waals surface area contributed by atoms with Crippen molar-refractivity contribution in [3.05, 3.63) is 53.6 Å². The first-order chi connectivity index (χ1) is 14.7. The highest BCUT2D eigenvalue weighted by Crippen LogP contribution is 2.27. The van der Waals surface area contributed by atoms with Crippen molar-refractivity contribution in [2.75, 3.05) is 46.2 Å². The zero-order valence-electron chi connectivity index (χ0n) is 18.7. The summed E-state index contributed by atoms with van der Waals surface area (Å²) >= 11 is 0. The molecule has 0 spiro atoms. The summed E-state index contributed by atoms with van der Waals surface area (Å²) in [5.74, 6) is 0.201. The van der Waals surface area contributed by atoms with Crippen molar-refractivity contribution in [3.63, 3.8) is 0 Å². The molecule has 0 bridgehead atoms. The molecule has 2 aromatic rings. The quantitative estimate of drug-likeness (QED) is 0.655. The number of piperidine rings is 1. The van der Waals surface area contributed by atoms with Crippen molar-refractivity contribution in [1.29, 1.82) is 0 Å². The lowest BCUT2D eigenvalue weighted by Crippen LogP contribution is -2.36. The number of hydrogen-bond acceptors (Lipinski definition) is 5. The van der Waals surface area contributed by atoms with Gasteiger partial charge in [-0.2, -0.15) is 4.31 Å². The molecule has 1 amide bonds. The number of amides is 1. The van der Waals surface area contributed by atoms with E-state index >= 15 is 0 Å². The molecule has 0 N–H and O–H groups in total. The SMILES string of the molecule is COc1ccc(S(=O)(=O)N(C)Cc2ccc(N(C)C)cc2)cc1C(=O)N1CCCCC1. The number of methoxy groups -OCH3 is 1. The summed E-state index contributed by atoms with van der Waals surface area (Å²) in [5.41, 5.74) is 2.22.